The summed E-state index contributed by atoms with van der Waals surface area (Å²) in [6.45, 7) is 4.83. The van der Waals surface area contributed by atoms with Crippen molar-refractivity contribution in [2.75, 3.05) is 12.0 Å². The molecule has 4 nitrogen and oxygen atoms in total. The molecule has 0 N–H and O–H groups in total. The Labute approximate surface area is 108 Å². The van der Waals surface area contributed by atoms with Crippen molar-refractivity contribution < 1.29 is 8.42 Å². The van der Waals surface area contributed by atoms with Gasteiger partial charge in [-0.1, -0.05) is 0 Å². The van der Waals surface area contributed by atoms with E-state index in [1.165, 1.54) is 17.4 Å². The van der Waals surface area contributed by atoms with Gasteiger partial charge in [0.25, 0.3) is 0 Å². The molecule has 0 bridgehead atoms. The van der Waals surface area contributed by atoms with Crippen molar-refractivity contribution in [3.8, 4) is 0 Å². The van der Waals surface area contributed by atoms with Crippen LogP contribution < -0.4 is 0 Å². The van der Waals surface area contributed by atoms with E-state index in [9.17, 15) is 8.42 Å². The summed E-state index contributed by atoms with van der Waals surface area (Å²) in [4.78, 5) is 4.35. The summed E-state index contributed by atoms with van der Waals surface area (Å²) >= 11 is 0. The average molecular weight is 266 g/mol. The standard InChI is InChI=1S/C13H18N2O2S/c1-10-7-12-13(8-11(10)2)15(9-14-12)5-4-6-18(3,16)17/h7-9H,4-6H2,1-3H3. The second kappa shape index (κ2) is 4.72. The van der Waals surface area contributed by atoms with Crippen LogP contribution in [0, 0.1) is 13.8 Å². The Kier molecular flexibility index (Phi) is 3.43. The maximum Gasteiger partial charge on any atom is 0.147 e. The molecule has 2 aromatic rings. The normalized spacial score (nSPS) is 12.2. The summed E-state index contributed by atoms with van der Waals surface area (Å²) in [5.74, 6) is 0.220. The highest BCUT2D eigenvalue weighted by Gasteiger charge is 2.06. The molecule has 18 heavy (non-hydrogen) atoms. The first-order chi connectivity index (χ1) is 8.37. The predicted molar refractivity (Wildman–Crippen MR) is 73.5 cm³/mol. The molecule has 0 unspecified atom stereocenters. The van der Waals surface area contributed by atoms with Crippen LogP contribution in [0.2, 0.25) is 0 Å². The Morgan fingerprint density at radius 1 is 1.22 bits per heavy atom. The third kappa shape index (κ3) is 2.90. The van der Waals surface area contributed by atoms with E-state index in [0.29, 0.717) is 13.0 Å². The van der Waals surface area contributed by atoms with Gasteiger partial charge in [-0.2, -0.15) is 0 Å². The molecule has 0 atom stereocenters. The highest BCUT2D eigenvalue weighted by atomic mass is 32.2. The van der Waals surface area contributed by atoms with Gasteiger partial charge < -0.3 is 4.57 Å². The van der Waals surface area contributed by atoms with Crippen LogP contribution in [0.3, 0.4) is 0 Å². The number of nitrogens with zero attached hydrogens (tertiary/aromatic N) is 2. The Morgan fingerprint density at radius 3 is 2.56 bits per heavy atom. The Hall–Kier alpha value is -1.36. The number of aryl methyl sites for hydroxylation is 3. The van der Waals surface area contributed by atoms with Gasteiger partial charge in [-0.05, 0) is 43.5 Å². The molecule has 0 radical (unpaired) electrons. The average Bonchev–Trinajstić information content (AvgIpc) is 2.60. The predicted octanol–water partition coefficient (Wildman–Crippen LogP) is 2.09. The van der Waals surface area contributed by atoms with Gasteiger partial charge in [-0.25, -0.2) is 13.4 Å². The van der Waals surface area contributed by atoms with Crippen LogP contribution in [0.5, 0.6) is 0 Å². The summed E-state index contributed by atoms with van der Waals surface area (Å²) in [5.41, 5.74) is 4.50. The second-order valence-corrected chi connectivity index (χ2v) is 7.11. The van der Waals surface area contributed by atoms with Crippen molar-refractivity contribution in [1.29, 1.82) is 0 Å². The fourth-order valence-corrected chi connectivity index (χ4v) is 2.64. The van der Waals surface area contributed by atoms with Crippen molar-refractivity contribution in [3.05, 3.63) is 29.6 Å². The zero-order valence-electron chi connectivity index (χ0n) is 11.0. The first-order valence-corrected chi connectivity index (χ1v) is 8.03. The number of hydrogen-bond acceptors (Lipinski definition) is 3. The fraction of sp³-hybridized carbons (Fsp3) is 0.462. The first kappa shape index (κ1) is 13.1. The number of fused-ring (bicyclic) bond motifs is 1. The van der Waals surface area contributed by atoms with Gasteiger partial charge in [0, 0.05) is 12.8 Å². The van der Waals surface area contributed by atoms with Crippen molar-refractivity contribution in [2.24, 2.45) is 0 Å². The van der Waals surface area contributed by atoms with Crippen molar-refractivity contribution in [2.45, 2.75) is 26.8 Å². The van der Waals surface area contributed by atoms with Crippen LogP contribution in [0.1, 0.15) is 17.5 Å². The number of rotatable bonds is 4. The highest BCUT2D eigenvalue weighted by Crippen LogP contribution is 2.18. The molecule has 0 spiro atoms. The van der Waals surface area contributed by atoms with Gasteiger partial charge in [-0.3, -0.25) is 0 Å². The third-order valence-corrected chi connectivity index (χ3v) is 4.18. The summed E-state index contributed by atoms with van der Waals surface area (Å²) in [6, 6.07) is 4.18. The largest absolute Gasteiger partial charge is 0.331 e. The van der Waals surface area contributed by atoms with Gasteiger partial charge >= 0.3 is 0 Å². The van der Waals surface area contributed by atoms with Gasteiger partial charge in [-0.15, -0.1) is 0 Å². The zero-order valence-corrected chi connectivity index (χ0v) is 11.8. The summed E-state index contributed by atoms with van der Waals surface area (Å²) in [6.07, 6.45) is 3.68. The molecule has 0 saturated carbocycles. The van der Waals surface area contributed by atoms with Crippen LogP contribution in [0.15, 0.2) is 18.5 Å². The number of imidazole rings is 1. The van der Waals surface area contributed by atoms with E-state index in [0.717, 1.165) is 11.0 Å². The van der Waals surface area contributed by atoms with E-state index in [-0.39, 0.29) is 5.75 Å². The summed E-state index contributed by atoms with van der Waals surface area (Å²) < 4.78 is 24.2. The minimum Gasteiger partial charge on any atom is -0.331 e. The van der Waals surface area contributed by atoms with E-state index in [1.807, 2.05) is 4.57 Å². The Morgan fingerprint density at radius 2 is 1.89 bits per heavy atom. The minimum absolute atomic E-state index is 0.220. The van der Waals surface area contributed by atoms with Crippen molar-refractivity contribution >= 4 is 20.9 Å². The third-order valence-electron chi connectivity index (χ3n) is 3.15. The van der Waals surface area contributed by atoms with Gasteiger partial charge in [0.1, 0.15) is 9.84 Å². The first-order valence-electron chi connectivity index (χ1n) is 5.96. The van der Waals surface area contributed by atoms with Crippen LogP contribution in [0.4, 0.5) is 0 Å². The highest BCUT2D eigenvalue weighted by molar-refractivity contribution is 7.90. The number of aromatic nitrogens is 2. The van der Waals surface area contributed by atoms with Crippen LogP contribution in [0.25, 0.3) is 11.0 Å². The number of benzene rings is 1. The molecule has 98 valence electrons. The van der Waals surface area contributed by atoms with Gasteiger partial charge in [0.15, 0.2) is 0 Å². The molecule has 1 aromatic heterocycles. The van der Waals surface area contributed by atoms with E-state index in [2.05, 4.69) is 31.0 Å². The molecule has 0 fully saturated rings. The lowest BCUT2D eigenvalue weighted by Gasteiger charge is -2.05. The van der Waals surface area contributed by atoms with Crippen LogP contribution in [-0.2, 0) is 16.4 Å². The Balaban J connectivity index is 2.22. The monoisotopic (exact) mass is 266 g/mol. The Bertz CT molecular complexity index is 672. The maximum absolute atomic E-state index is 11.1. The minimum atomic E-state index is -2.88. The quantitative estimate of drug-likeness (QED) is 0.851. The van der Waals surface area contributed by atoms with E-state index < -0.39 is 9.84 Å². The molecular weight excluding hydrogens is 248 g/mol. The molecule has 1 aromatic carbocycles. The number of sulfone groups is 1. The lowest BCUT2D eigenvalue weighted by Crippen LogP contribution is -2.07. The van der Waals surface area contributed by atoms with E-state index in [1.54, 1.807) is 6.33 Å². The molecule has 0 amide bonds. The van der Waals surface area contributed by atoms with Gasteiger partial charge in [0.05, 0.1) is 23.1 Å². The molecule has 1 heterocycles. The maximum atomic E-state index is 11.1. The zero-order chi connectivity index (χ0) is 13.3. The van der Waals surface area contributed by atoms with Crippen molar-refractivity contribution in [3.63, 3.8) is 0 Å². The van der Waals surface area contributed by atoms with E-state index in [4.69, 9.17) is 0 Å². The van der Waals surface area contributed by atoms with Crippen LogP contribution in [-0.4, -0.2) is 30.0 Å². The SMILES string of the molecule is Cc1cc2ncn(CCCS(C)(=O)=O)c2cc1C. The smallest absolute Gasteiger partial charge is 0.147 e. The summed E-state index contributed by atoms with van der Waals surface area (Å²) in [5, 5.41) is 0. The van der Waals surface area contributed by atoms with Gasteiger partial charge in [0.2, 0.25) is 0 Å². The molecular formula is C13H18N2O2S. The van der Waals surface area contributed by atoms with E-state index >= 15 is 0 Å². The summed E-state index contributed by atoms with van der Waals surface area (Å²) in [7, 11) is -2.88. The molecule has 0 aliphatic carbocycles. The lowest BCUT2D eigenvalue weighted by molar-refractivity contribution is 0.593. The fourth-order valence-electron chi connectivity index (χ4n) is 1.99. The van der Waals surface area contributed by atoms with Crippen molar-refractivity contribution in [1.82, 2.24) is 9.55 Å². The molecule has 5 heteroatoms. The molecule has 0 saturated heterocycles. The topological polar surface area (TPSA) is 52.0 Å². The molecule has 0 aliphatic rings. The second-order valence-electron chi connectivity index (χ2n) is 4.85. The van der Waals surface area contributed by atoms with Crippen LogP contribution >= 0.6 is 0 Å². The number of hydrogen-bond donors (Lipinski definition) is 0. The lowest BCUT2D eigenvalue weighted by atomic mass is 10.1. The molecule has 2 rings (SSSR count). The molecule has 0 aliphatic heterocycles.